The van der Waals surface area contributed by atoms with Gasteiger partial charge in [-0.1, -0.05) is 30.3 Å². The summed E-state index contributed by atoms with van der Waals surface area (Å²) >= 11 is 0. The molecule has 0 spiro atoms. The zero-order valence-electron chi connectivity index (χ0n) is 11.6. The van der Waals surface area contributed by atoms with E-state index in [0.717, 1.165) is 19.6 Å². The van der Waals surface area contributed by atoms with Crippen LogP contribution in [0, 0.1) is 0 Å². The van der Waals surface area contributed by atoms with Crippen molar-refractivity contribution in [3.05, 3.63) is 48.3 Å². The maximum Gasteiger partial charge on any atom is 0.0658 e. The Morgan fingerprint density at radius 2 is 2.10 bits per heavy atom. The zero-order chi connectivity index (χ0) is 13.5. The topological polar surface area (TPSA) is 25.4 Å². The predicted octanol–water partition coefficient (Wildman–Crippen LogP) is 2.72. The van der Waals surface area contributed by atoms with Crippen LogP contribution in [-0.4, -0.2) is 42.2 Å². The molecule has 4 rings (SSSR count). The quantitative estimate of drug-likeness (QED) is 0.793. The van der Waals surface area contributed by atoms with Crippen molar-refractivity contribution in [1.82, 2.24) is 9.88 Å². The second kappa shape index (κ2) is 4.69. The highest BCUT2D eigenvalue weighted by atomic mass is 16.5. The molecular weight excluding hydrogens is 248 g/mol. The van der Waals surface area contributed by atoms with Crippen molar-refractivity contribution in [3.8, 4) is 0 Å². The van der Waals surface area contributed by atoms with Crippen LogP contribution in [0.3, 0.4) is 0 Å². The lowest BCUT2D eigenvalue weighted by atomic mass is 9.89. The van der Waals surface area contributed by atoms with E-state index in [2.05, 4.69) is 47.3 Å². The monoisotopic (exact) mass is 266 g/mol. The number of hydrogen-bond donors (Lipinski definition) is 0. The van der Waals surface area contributed by atoms with Gasteiger partial charge in [0, 0.05) is 29.4 Å². The van der Waals surface area contributed by atoms with Crippen molar-refractivity contribution in [2.24, 2.45) is 0 Å². The number of ether oxygens (including phenoxy) is 1. The number of rotatable bonds is 1. The summed E-state index contributed by atoms with van der Waals surface area (Å²) in [7, 11) is 2.20. The first kappa shape index (κ1) is 12.1. The first-order chi connectivity index (χ1) is 9.83. The summed E-state index contributed by atoms with van der Waals surface area (Å²) in [5, 5.41) is 2.52. The lowest BCUT2D eigenvalue weighted by molar-refractivity contribution is -0.0221. The summed E-state index contributed by atoms with van der Waals surface area (Å²) in [6.07, 6.45) is 7.36. The van der Waals surface area contributed by atoms with E-state index in [-0.39, 0.29) is 0 Å². The normalized spacial score (nSPS) is 26.6. The molecule has 0 amide bonds. The van der Waals surface area contributed by atoms with E-state index in [0.29, 0.717) is 12.1 Å². The van der Waals surface area contributed by atoms with Crippen molar-refractivity contribution in [3.63, 3.8) is 0 Å². The molecule has 20 heavy (non-hydrogen) atoms. The van der Waals surface area contributed by atoms with Gasteiger partial charge in [0.15, 0.2) is 0 Å². The molecule has 0 aliphatic carbocycles. The van der Waals surface area contributed by atoms with Crippen molar-refractivity contribution in [1.29, 1.82) is 0 Å². The molecule has 3 heterocycles. The number of likely N-dealkylation sites (N-methyl/N-ethyl adjacent to an activating group) is 1. The van der Waals surface area contributed by atoms with Gasteiger partial charge in [-0.15, -0.1) is 0 Å². The van der Waals surface area contributed by atoms with Gasteiger partial charge in [-0.05, 0) is 24.4 Å². The molecule has 0 radical (unpaired) electrons. The van der Waals surface area contributed by atoms with Crippen LogP contribution in [0.2, 0.25) is 0 Å². The van der Waals surface area contributed by atoms with Crippen molar-refractivity contribution >= 4 is 16.3 Å². The second-order valence-corrected chi connectivity index (χ2v) is 5.73. The van der Waals surface area contributed by atoms with E-state index < -0.39 is 0 Å². The van der Waals surface area contributed by atoms with E-state index in [4.69, 9.17) is 4.74 Å². The van der Waals surface area contributed by atoms with Crippen LogP contribution in [0.1, 0.15) is 12.0 Å². The zero-order valence-corrected chi connectivity index (χ0v) is 11.6. The number of benzene rings is 1. The standard InChI is InChI=1S/C17H18N2O/c1-19-14-6-13(7-15(19)11-20-10-14)17-9-18-8-12-4-2-3-5-16(12)17/h2-6,8-9,14-15H,7,10-11H2,1H3. The molecule has 2 bridgehead atoms. The van der Waals surface area contributed by atoms with Crippen molar-refractivity contribution in [2.45, 2.75) is 18.5 Å². The lowest BCUT2D eigenvalue weighted by Crippen LogP contribution is -2.51. The van der Waals surface area contributed by atoms with Gasteiger partial charge in [-0.25, -0.2) is 0 Å². The highest BCUT2D eigenvalue weighted by molar-refractivity contribution is 5.93. The van der Waals surface area contributed by atoms with E-state index in [1.54, 1.807) is 0 Å². The van der Waals surface area contributed by atoms with Crippen LogP contribution >= 0.6 is 0 Å². The molecule has 2 aliphatic rings. The van der Waals surface area contributed by atoms with Crippen LogP contribution in [-0.2, 0) is 4.74 Å². The first-order valence-corrected chi connectivity index (χ1v) is 7.16. The third kappa shape index (κ3) is 1.86. The summed E-state index contributed by atoms with van der Waals surface area (Å²) < 4.78 is 5.68. The minimum atomic E-state index is 0.400. The Morgan fingerprint density at radius 3 is 3.00 bits per heavy atom. The Bertz CT molecular complexity index is 674. The Balaban J connectivity index is 1.84. The number of aromatic nitrogens is 1. The smallest absolute Gasteiger partial charge is 0.0658 e. The molecule has 2 aliphatic heterocycles. The van der Waals surface area contributed by atoms with Gasteiger partial charge in [0.25, 0.3) is 0 Å². The Kier molecular flexibility index (Phi) is 2.83. The van der Waals surface area contributed by atoms with Gasteiger partial charge < -0.3 is 4.74 Å². The van der Waals surface area contributed by atoms with E-state index in [9.17, 15) is 0 Å². The average molecular weight is 266 g/mol. The second-order valence-electron chi connectivity index (χ2n) is 5.73. The minimum Gasteiger partial charge on any atom is -0.378 e. The number of hydrogen-bond acceptors (Lipinski definition) is 3. The summed E-state index contributed by atoms with van der Waals surface area (Å²) in [5.41, 5.74) is 2.71. The van der Waals surface area contributed by atoms with Gasteiger partial charge in [0.2, 0.25) is 0 Å². The molecule has 102 valence electrons. The van der Waals surface area contributed by atoms with Crippen LogP contribution in [0.5, 0.6) is 0 Å². The third-order valence-corrected chi connectivity index (χ3v) is 4.56. The maximum atomic E-state index is 5.68. The van der Waals surface area contributed by atoms with E-state index in [1.165, 1.54) is 21.9 Å². The van der Waals surface area contributed by atoms with Crippen LogP contribution in [0.25, 0.3) is 16.3 Å². The fourth-order valence-corrected chi connectivity index (χ4v) is 3.33. The fourth-order valence-electron chi connectivity index (χ4n) is 3.33. The number of morpholine rings is 1. The Labute approximate surface area is 118 Å². The van der Waals surface area contributed by atoms with Crippen molar-refractivity contribution < 1.29 is 4.74 Å². The third-order valence-electron chi connectivity index (χ3n) is 4.56. The van der Waals surface area contributed by atoms with Crippen LogP contribution < -0.4 is 0 Å². The SMILES string of the molecule is CN1C2C=C(c3cncc4ccccc34)CC1COC2. The molecule has 1 aromatic carbocycles. The van der Waals surface area contributed by atoms with Gasteiger partial charge in [0.05, 0.1) is 19.3 Å². The molecule has 3 heteroatoms. The molecule has 1 saturated heterocycles. The minimum absolute atomic E-state index is 0.400. The largest absolute Gasteiger partial charge is 0.378 e. The summed E-state index contributed by atoms with van der Waals surface area (Å²) in [4.78, 5) is 6.85. The average Bonchev–Trinajstić information content (AvgIpc) is 2.46. The van der Waals surface area contributed by atoms with Gasteiger partial charge in [-0.2, -0.15) is 0 Å². The highest BCUT2D eigenvalue weighted by Gasteiger charge is 2.32. The molecule has 0 saturated carbocycles. The summed E-state index contributed by atoms with van der Waals surface area (Å²) in [6, 6.07) is 9.39. The first-order valence-electron chi connectivity index (χ1n) is 7.16. The highest BCUT2D eigenvalue weighted by Crippen LogP contribution is 2.34. The maximum absolute atomic E-state index is 5.68. The number of fused-ring (bicyclic) bond motifs is 3. The predicted molar refractivity (Wildman–Crippen MR) is 80.5 cm³/mol. The Morgan fingerprint density at radius 1 is 1.20 bits per heavy atom. The van der Waals surface area contributed by atoms with Gasteiger partial charge in [-0.3, -0.25) is 9.88 Å². The molecule has 1 fully saturated rings. The molecule has 3 nitrogen and oxygen atoms in total. The lowest BCUT2D eigenvalue weighted by Gasteiger charge is -2.42. The van der Waals surface area contributed by atoms with E-state index >= 15 is 0 Å². The number of nitrogens with zero attached hydrogens (tertiary/aromatic N) is 2. The van der Waals surface area contributed by atoms with Gasteiger partial charge in [0.1, 0.15) is 0 Å². The van der Waals surface area contributed by atoms with Crippen LogP contribution in [0.4, 0.5) is 0 Å². The van der Waals surface area contributed by atoms with Crippen LogP contribution in [0.15, 0.2) is 42.7 Å². The summed E-state index contributed by atoms with van der Waals surface area (Å²) in [5.74, 6) is 0. The van der Waals surface area contributed by atoms with Crippen molar-refractivity contribution in [2.75, 3.05) is 20.3 Å². The molecule has 2 aromatic rings. The van der Waals surface area contributed by atoms with E-state index in [1.807, 2.05) is 12.4 Å². The fraction of sp³-hybridized carbons (Fsp3) is 0.353. The molecular formula is C17H18N2O. The Hall–Kier alpha value is -1.71. The molecule has 1 aromatic heterocycles. The molecule has 2 unspecified atom stereocenters. The summed E-state index contributed by atoms with van der Waals surface area (Å²) in [6.45, 7) is 1.64. The molecule has 2 atom stereocenters. The van der Waals surface area contributed by atoms with Gasteiger partial charge >= 0.3 is 0 Å². The molecule has 0 N–H and O–H groups in total. The number of pyridine rings is 1.